The molecule has 3 N–H and O–H groups in total. The molecule has 0 saturated heterocycles. The Labute approximate surface area is 121 Å². The van der Waals surface area contributed by atoms with E-state index in [9.17, 15) is 9.90 Å². The minimum absolute atomic E-state index is 0.00173. The number of hydrogen-bond donors (Lipinski definition) is 3. The van der Waals surface area contributed by atoms with Crippen LogP contribution in [0.25, 0.3) is 6.08 Å². The van der Waals surface area contributed by atoms with Crippen molar-refractivity contribution in [2.45, 2.75) is 19.4 Å². The Morgan fingerprint density at radius 3 is 2.79 bits per heavy atom. The lowest BCUT2D eigenvalue weighted by Crippen LogP contribution is -2.42. The average molecular weight is 328 g/mol. The molecule has 0 aliphatic rings. The van der Waals surface area contributed by atoms with Crippen molar-refractivity contribution in [2.24, 2.45) is 0 Å². The largest absolute Gasteiger partial charge is 0.393 e. The number of aliphatic hydroxyl groups is 2. The van der Waals surface area contributed by atoms with Gasteiger partial charge in [-0.05, 0) is 37.1 Å². The van der Waals surface area contributed by atoms with E-state index in [1.165, 1.54) is 13.0 Å². The SMILES string of the molecule is Cc1ccc(C=CC(=O)NCC(C)(O)CO)c(Br)c1. The molecule has 104 valence electrons. The number of hydrogen-bond acceptors (Lipinski definition) is 3. The molecular weight excluding hydrogens is 310 g/mol. The van der Waals surface area contributed by atoms with Gasteiger partial charge in [0.1, 0.15) is 5.60 Å². The Kier molecular flexibility index (Phi) is 5.72. The Bertz CT molecular complexity index is 484. The van der Waals surface area contributed by atoms with Crippen molar-refractivity contribution in [1.82, 2.24) is 5.32 Å². The summed E-state index contributed by atoms with van der Waals surface area (Å²) in [4.78, 5) is 11.6. The van der Waals surface area contributed by atoms with Crippen LogP contribution in [0.1, 0.15) is 18.1 Å². The first-order chi connectivity index (χ1) is 8.84. The van der Waals surface area contributed by atoms with Gasteiger partial charge in [0.15, 0.2) is 0 Å². The second-order valence-corrected chi connectivity index (χ2v) is 5.59. The van der Waals surface area contributed by atoms with Crippen molar-refractivity contribution in [3.05, 3.63) is 39.9 Å². The standard InChI is InChI=1S/C14H18BrNO3/c1-10-3-4-11(12(15)7-10)5-6-13(18)16-8-14(2,19)9-17/h3-7,17,19H,8-9H2,1-2H3,(H,16,18). The zero-order valence-electron chi connectivity index (χ0n) is 11.0. The van der Waals surface area contributed by atoms with Crippen molar-refractivity contribution < 1.29 is 15.0 Å². The minimum atomic E-state index is -1.30. The smallest absolute Gasteiger partial charge is 0.244 e. The second-order valence-electron chi connectivity index (χ2n) is 4.73. The van der Waals surface area contributed by atoms with Crippen molar-refractivity contribution in [3.63, 3.8) is 0 Å². The van der Waals surface area contributed by atoms with Gasteiger partial charge in [0.25, 0.3) is 0 Å². The van der Waals surface area contributed by atoms with Crippen LogP contribution in [0.2, 0.25) is 0 Å². The maximum absolute atomic E-state index is 11.6. The van der Waals surface area contributed by atoms with E-state index in [-0.39, 0.29) is 12.5 Å². The van der Waals surface area contributed by atoms with Crippen LogP contribution < -0.4 is 5.32 Å². The van der Waals surface area contributed by atoms with Crippen LogP contribution in [0.15, 0.2) is 28.7 Å². The highest BCUT2D eigenvalue weighted by Crippen LogP contribution is 2.19. The summed E-state index contributed by atoms with van der Waals surface area (Å²) < 4.78 is 0.916. The van der Waals surface area contributed by atoms with Gasteiger partial charge in [0, 0.05) is 17.1 Å². The highest BCUT2D eigenvalue weighted by Gasteiger charge is 2.18. The molecule has 0 heterocycles. The number of nitrogens with one attached hydrogen (secondary N) is 1. The summed E-state index contributed by atoms with van der Waals surface area (Å²) in [5.74, 6) is -0.318. The molecule has 1 atom stereocenters. The number of benzene rings is 1. The predicted molar refractivity (Wildman–Crippen MR) is 78.6 cm³/mol. The Balaban J connectivity index is 2.59. The molecule has 1 rings (SSSR count). The van der Waals surface area contributed by atoms with E-state index < -0.39 is 12.2 Å². The van der Waals surface area contributed by atoms with Crippen LogP contribution in [0, 0.1) is 6.92 Å². The molecule has 1 aromatic rings. The summed E-state index contributed by atoms with van der Waals surface area (Å²) in [5.41, 5.74) is 0.732. The van der Waals surface area contributed by atoms with Crippen molar-refractivity contribution in [3.8, 4) is 0 Å². The monoisotopic (exact) mass is 327 g/mol. The Morgan fingerprint density at radius 2 is 2.21 bits per heavy atom. The summed E-state index contributed by atoms with van der Waals surface area (Å²) in [7, 11) is 0. The maximum atomic E-state index is 11.6. The van der Waals surface area contributed by atoms with E-state index in [2.05, 4.69) is 21.2 Å². The molecule has 0 bridgehead atoms. The van der Waals surface area contributed by atoms with E-state index in [4.69, 9.17) is 5.11 Å². The first kappa shape index (κ1) is 15.9. The molecule has 0 aromatic heterocycles. The Morgan fingerprint density at radius 1 is 1.53 bits per heavy atom. The number of rotatable bonds is 5. The lowest BCUT2D eigenvalue weighted by Gasteiger charge is -2.19. The summed E-state index contributed by atoms with van der Waals surface area (Å²) >= 11 is 3.42. The van der Waals surface area contributed by atoms with Crippen LogP contribution in [-0.4, -0.2) is 34.9 Å². The predicted octanol–water partition coefficient (Wildman–Crippen LogP) is 1.63. The maximum Gasteiger partial charge on any atom is 0.244 e. The van der Waals surface area contributed by atoms with E-state index in [0.717, 1.165) is 15.6 Å². The highest BCUT2D eigenvalue weighted by atomic mass is 79.9. The van der Waals surface area contributed by atoms with Gasteiger partial charge in [-0.3, -0.25) is 4.79 Å². The van der Waals surface area contributed by atoms with Crippen molar-refractivity contribution in [1.29, 1.82) is 0 Å². The van der Waals surface area contributed by atoms with Gasteiger partial charge in [-0.2, -0.15) is 0 Å². The number of halogens is 1. The number of carbonyl (C=O) groups excluding carboxylic acids is 1. The zero-order valence-corrected chi connectivity index (χ0v) is 12.6. The lowest BCUT2D eigenvalue weighted by molar-refractivity contribution is -0.117. The van der Waals surface area contributed by atoms with Gasteiger partial charge >= 0.3 is 0 Å². The molecular formula is C14H18BrNO3. The van der Waals surface area contributed by atoms with Crippen LogP contribution in [0.4, 0.5) is 0 Å². The summed E-state index contributed by atoms with van der Waals surface area (Å²) in [6, 6.07) is 5.83. The number of aryl methyl sites for hydroxylation is 1. The van der Waals surface area contributed by atoms with Crippen LogP contribution in [0.3, 0.4) is 0 Å². The molecule has 1 amide bonds. The minimum Gasteiger partial charge on any atom is -0.393 e. The molecule has 0 spiro atoms. The fourth-order valence-corrected chi connectivity index (χ4v) is 1.95. The molecule has 1 aromatic carbocycles. The molecule has 5 heteroatoms. The summed E-state index contributed by atoms with van der Waals surface area (Å²) in [6.45, 7) is 3.04. The average Bonchev–Trinajstić information content (AvgIpc) is 2.35. The second kappa shape index (κ2) is 6.84. The van der Waals surface area contributed by atoms with Gasteiger partial charge in [0.2, 0.25) is 5.91 Å². The fraction of sp³-hybridized carbons (Fsp3) is 0.357. The normalized spacial score (nSPS) is 14.4. The number of carbonyl (C=O) groups is 1. The van der Waals surface area contributed by atoms with Crippen LogP contribution in [-0.2, 0) is 4.79 Å². The van der Waals surface area contributed by atoms with Gasteiger partial charge in [-0.15, -0.1) is 0 Å². The van der Waals surface area contributed by atoms with Gasteiger partial charge < -0.3 is 15.5 Å². The summed E-state index contributed by atoms with van der Waals surface area (Å²) in [5, 5.41) is 20.9. The zero-order chi connectivity index (χ0) is 14.5. The number of aliphatic hydroxyl groups excluding tert-OH is 1. The lowest BCUT2D eigenvalue weighted by atomic mass is 10.1. The third-order valence-corrected chi connectivity index (χ3v) is 3.24. The number of amides is 1. The van der Waals surface area contributed by atoms with E-state index in [1.54, 1.807) is 6.08 Å². The van der Waals surface area contributed by atoms with E-state index in [1.807, 2.05) is 25.1 Å². The Hall–Kier alpha value is -1.17. The third kappa shape index (κ3) is 5.55. The molecule has 0 aliphatic heterocycles. The van der Waals surface area contributed by atoms with Crippen LogP contribution in [0.5, 0.6) is 0 Å². The topological polar surface area (TPSA) is 69.6 Å². The van der Waals surface area contributed by atoms with E-state index in [0.29, 0.717) is 0 Å². The highest BCUT2D eigenvalue weighted by molar-refractivity contribution is 9.10. The molecule has 0 saturated carbocycles. The fourth-order valence-electron chi connectivity index (χ4n) is 1.33. The molecule has 19 heavy (non-hydrogen) atoms. The molecule has 0 aliphatic carbocycles. The quantitative estimate of drug-likeness (QED) is 0.720. The van der Waals surface area contributed by atoms with Crippen molar-refractivity contribution >= 4 is 27.9 Å². The third-order valence-electron chi connectivity index (χ3n) is 2.55. The van der Waals surface area contributed by atoms with Crippen molar-refractivity contribution in [2.75, 3.05) is 13.2 Å². The van der Waals surface area contributed by atoms with E-state index >= 15 is 0 Å². The van der Waals surface area contributed by atoms with Crippen LogP contribution >= 0.6 is 15.9 Å². The molecule has 1 unspecified atom stereocenters. The van der Waals surface area contributed by atoms with Gasteiger partial charge in [-0.1, -0.05) is 28.1 Å². The van der Waals surface area contributed by atoms with Gasteiger partial charge in [-0.25, -0.2) is 0 Å². The molecule has 0 fully saturated rings. The summed E-state index contributed by atoms with van der Waals surface area (Å²) in [6.07, 6.45) is 3.08. The van der Waals surface area contributed by atoms with Gasteiger partial charge in [0.05, 0.1) is 6.61 Å². The molecule has 0 radical (unpaired) electrons. The first-order valence-electron chi connectivity index (χ1n) is 5.89. The molecule has 4 nitrogen and oxygen atoms in total. The first-order valence-corrected chi connectivity index (χ1v) is 6.69.